The van der Waals surface area contributed by atoms with Crippen LogP contribution in [0.5, 0.6) is 5.75 Å². The molecule has 1 N–H and O–H groups in total. The second-order valence-electron chi connectivity index (χ2n) is 6.29. The maximum Gasteiger partial charge on any atom is 0.303 e. The number of carbonyl (C=O) groups is 2. The van der Waals surface area contributed by atoms with Gasteiger partial charge in [0.05, 0.1) is 13.5 Å². The lowest BCUT2D eigenvalue weighted by Crippen LogP contribution is -2.33. The van der Waals surface area contributed by atoms with E-state index in [2.05, 4.69) is 0 Å². The zero-order chi connectivity index (χ0) is 18.9. The Labute approximate surface area is 154 Å². The molecular weight excluding hydrogens is 330 g/mol. The average molecular weight is 355 g/mol. The predicted molar refractivity (Wildman–Crippen MR) is 100 cm³/mol. The molecule has 0 fully saturated rings. The molecule has 0 heterocycles. The highest BCUT2D eigenvalue weighted by Crippen LogP contribution is 2.21. The van der Waals surface area contributed by atoms with Gasteiger partial charge in [-0.2, -0.15) is 0 Å². The zero-order valence-electron chi connectivity index (χ0n) is 15.3. The van der Waals surface area contributed by atoms with Crippen LogP contribution in [0.4, 0.5) is 0 Å². The molecule has 5 heteroatoms. The number of nitrogens with zero attached hydrogens (tertiary/aromatic N) is 1. The van der Waals surface area contributed by atoms with E-state index in [1.54, 1.807) is 12.0 Å². The number of carboxylic acid groups (broad SMARTS) is 1. The fourth-order valence-electron chi connectivity index (χ4n) is 2.84. The van der Waals surface area contributed by atoms with Gasteiger partial charge in [-0.25, -0.2) is 0 Å². The third kappa shape index (κ3) is 5.92. The quantitative estimate of drug-likeness (QED) is 0.748. The summed E-state index contributed by atoms with van der Waals surface area (Å²) in [6, 6.07) is 15.5. The Bertz CT molecular complexity index is 743. The van der Waals surface area contributed by atoms with Crippen LogP contribution in [0.15, 0.2) is 48.5 Å². The minimum absolute atomic E-state index is 0.0388. The van der Waals surface area contributed by atoms with E-state index in [-0.39, 0.29) is 18.7 Å². The monoisotopic (exact) mass is 355 g/mol. The van der Waals surface area contributed by atoms with Gasteiger partial charge in [-0.15, -0.1) is 0 Å². The van der Waals surface area contributed by atoms with E-state index in [1.807, 2.05) is 55.5 Å². The molecule has 1 amide bonds. The van der Waals surface area contributed by atoms with E-state index < -0.39 is 5.97 Å². The highest BCUT2D eigenvalue weighted by Gasteiger charge is 2.17. The minimum atomic E-state index is -0.850. The molecule has 0 saturated heterocycles. The topological polar surface area (TPSA) is 66.8 Å². The van der Waals surface area contributed by atoms with Crippen molar-refractivity contribution in [3.63, 3.8) is 0 Å². The van der Waals surface area contributed by atoms with Gasteiger partial charge in [0.15, 0.2) is 0 Å². The van der Waals surface area contributed by atoms with E-state index >= 15 is 0 Å². The number of rotatable bonds is 9. The number of hydrogen-bond donors (Lipinski definition) is 1. The Morgan fingerprint density at radius 3 is 2.50 bits per heavy atom. The van der Waals surface area contributed by atoms with Gasteiger partial charge < -0.3 is 14.7 Å². The van der Waals surface area contributed by atoms with Crippen LogP contribution in [0.3, 0.4) is 0 Å². The molecule has 0 aromatic heterocycles. The van der Waals surface area contributed by atoms with Gasteiger partial charge >= 0.3 is 5.97 Å². The Morgan fingerprint density at radius 1 is 1.12 bits per heavy atom. The van der Waals surface area contributed by atoms with Crippen LogP contribution < -0.4 is 4.74 Å². The Hall–Kier alpha value is -2.82. The molecule has 0 atom stereocenters. The third-order valence-corrected chi connectivity index (χ3v) is 4.17. The van der Waals surface area contributed by atoms with Crippen molar-refractivity contribution in [3.05, 3.63) is 65.2 Å². The largest absolute Gasteiger partial charge is 0.496 e. The summed E-state index contributed by atoms with van der Waals surface area (Å²) in [7, 11) is 1.59. The summed E-state index contributed by atoms with van der Waals surface area (Å²) in [5, 5.41) is 8.87. The van der Waals surface area contributed by atoms with Crippen molar-refractivity contribution in [1.29, 1.82) is 0 Å². The first-order valence-corrected chi connectivity index (χ1v) is 8.66. The number of amides is 1. The van der Waals surface area contributed by atoms with Crippen molar-refractivity contribution in [3.8, 4) is 5.75 Å². The number of carbonyl (C=O) groups excluding carboxylic acids is 1. The van der Waals surface area contributed by atoms with Crippen LogP contribution in [-0.4, -0.2) is 35.5 Å². The maximum atomic E-state index is 12.9. The van der Waals surface area contributed by atoms with Crippen LogP contribution in [0.25, 0.3) is 0 Å². The summed E-state index contributed by atoms with van der Waals surface area (Å²) < 4.78 is 5.36. The lowest BCUT2D eigenvalue weighted by Gasteiger charge is -2.23. The van der Waals surface area contributed by atoms with Gasteiger partial charge in [-0.1, -0.05) is 48.0 Å². The van der Waals surface area contributed by atoms with E-state index in [9.17, 15) is 9.59 Å². The standard InChI is InChI=1S/C21H25NO4/c1-16-10-11-19(26-2)18(13-16)14-20(23)22(12-6-9-21(24)25)15-17-7-4-3-5-8-17/h3-5,7-8,10-11,13H,6,9,12,14-15H2,1-2H3,(H,24,25). The summed E-state index contributed by atoms with van der Waals surface area (Å²) in [6.07, 6.45) is 0.704. The average Bonchev–Trinajstić information content (AvgIpc) is 2.61. The van der Waals surface area contributed by atoms with Crippen LogP contribution >= 0.6 is 0 Å². The van der Waals surface area contributed by atoms with Gasteiger partial charge in [-0.3, -0.25) is 9.59 Å². The molecule has 26 heavy (non-hydrogen) atoms. The van der Waals surface area contributed by atoms with Crippen molar-refractivity contribution in [2.45, 2.75) is 32.7 Å². The molecule has 138 valence electrons. The van der Waals surface area contributed by atoms with Gasteiger partial charge in [0.1, 0.15) is 5.75 Å². The van der Waals surface area contributed by atoms with Crippen LogP contribution in [0.1, 0.15) is 29.5 Å². The van der Waals surface area contributed by atoms with E-state index in [1.165, 1.54) is 0 Å². The van der Waals surface area contributed by atoms with Crippen molar-refractivity contribution in [1.82, 2.24) is 4.90 Å². The van der Waals surface area contributed by atoms with Crippen LogP contribution in [-0.2, 0) is 22.6 Å². The molecule has 0 spiro atoms. The van der Waals surface area contributed by atoms with Crippen molar-refractivity contribution < 1.29 is 19.4 Å². The molecule has 2 rings (SSSR count). The predicted octanol–water partition coefficient (Wildman–Crippen LogP) is 3.44. The molecule has 0 aliphatic rings. The second kappa shape index (κ2) is 9.61. The molecule has 0 bridgehead atoms. The summed E-state index contributed by atoms with van der Waals surface area (Å²) in [5.41, 5.74) is 2.93. The molecule has 0 saturated carbocycles. The highest BCUT2D eigenvalue weighted by atomic mass is 16.5. The number of carboxylic acids is 1. The highest BCUT2D eigenvalue weighted by molar-refractivity contribution is 5.79. The number of ether oxygens (including phenoxy) is 1. The Morgan fingerprint density at radius 2 is 1.85 bits per heavy atom. The third-order valence-electron chi connectivity index (χ3n) is 4.17. The summed E-state index contributed by atoms with van der Waals surface area (Å²) in [6.45, 7) is 2.85. The summed E-state index contributed by atoms with van der Waals surface area (Å²) in [5.74, 6) is -0.199. The van der Waals surface area contributed by atoms with E-state index in [0.717, 1.165) is 16.7 Å². The maximum absolute atomic E-state index is 12.9. The van der Waals surface area contributed by atoms with E-state index in [0.29, 0.717) is 25.3 Å². The molecule has 0 unspecified atom stereocenters. The minimum Gasteiger partial charge on any atom is -0.496 e. The summed E-state index contributed by atoms with van der Waals surface area (Å²) >= 11 is 0. The molecule has 0 aliphatic carbocycles. The fraction of sp³-hybridized carbons (Fsp3) is 0.333. The molecule has 5 nitrogen and oxygen atoms in total. The zero-order valence-corrected chi connectivity index (χ0v) is 15.3. The van der Waals surface area contributed by atoms with Crippen LogP contribution in [0.2, 0.25) is 0 Å². The molecular formula is C21H25NO4. The molecule has 2 aromatic rings. The first-order valence-electron chi connectivity index (χ1n) is 8.66. The molecule has 0 aliphatic heterocycles. The first kappa shape index (κ1) is 19.5. The Kier molecular flexibility index (Phi) is 7.21. The second-order valence-corrected chi connectivity index (χ2v) is 6.29. The van der Waals surface area contributed by atoms with Gasteiger partial charge in [0.2, 0.25) is 5.91 Å². The number of methoxy groups -OCH3 is 1. The lowest BCUT2D eigenvalue weighted by atomic mass is 10.1. The van der Waals surface area contributed by atoms with Gasteiger partial charge in [0.25, 0.3) is 0 Å². The number of hydrogen-bond acceptors (Lipinski definition) is 3. The van der Waals surface area contributed by atoms with Crippen molar-refractivity contribution in [2.24, 2.45) is 0 Å². The van der Waals surface area contributed by atoms with Crippen molar-refractivity contribution >= 4 is 11.9 Å². The lowest BCUT2D eigenvalue weighted by molar-refractivity contribution is -0.138. The van der Waals surface area contributed by atoms with Crippen molar-refractivity contribution in [2.75, 3.05) is 13.7 Å². The normalized spacial score (nSPS) is 10.4. The SMILES string of the molecule is COc1ccc(C)cc1CC(=O)N(CCCC(=O)O)Cc1ccccc1. The number of aliphatic carboxylic acids is 1. The number of benzene rings is 2. The van der Waals surface area contributed by atoms with Gasteiger partial charge in [-0.05, 0) is 25.0 Å². The smallest absolute Gasteiger partial charge is 0.303 e. The number of aryl methyl sites for hydroxylation is 1. The van der Waals surface area contributed by atoms with Gasteiger partial charge in [0, 0.05) is 25.1 Å². The van der Waals surface area contributed by atoms with E-state index in [4.69, 9.17) is 9.84 Å². The summed E-state index contributed by atoms with van der Waals surface area (Å²) in [4.78, 5) is 25.4. The molecule has 0 radical (unpaired) electrons. The Balaban J connectivity index is 2.13. The first-order chi connectivity index (χ1) is 12.5. The van der Waals surface area contributed by atoms with Crippen LogP contribution in [0, 0.1) is 6.92 Å². The molecule has 2 aromatic carbocycles. The fourth-order valence-corrected chi connectivity index (χ4v) is 2.84.